The molecule has 0 aliphatic carbocycles. The lowest BCUT2D eigenvalue weighted by Gasteiger charge is -2.07. The summed E-state index contributed by atoms with van der Waals surface area (Å²) in [5.74, 6) is -0.0536. The highest BCUT2D eigenvalue weighted by Crippen LogP contribution is 2.24. The number of nitrogens with one attached hydrogen (secondary N) is 1. The van der Waals surface area contributed by atoms with Crippen molar-refractivity contribution < 1.29 is 4.79 Å². The van der Waals surface area contributed by atoms with E-state index in [1.807, 2.05) is 30.5 Å². The van der Waals surface area contributed by atoms with Gasteiger partial charge in [-0.2, -0.15) is 0 Å². The van der Waals surface area contributed by atoms with E-state index in [4.69, 9.17) is 11.6 Å². The summed E-state index contributed by atoms with van der Waals surface area (Å²) in [6.07, 6.45) is 0.865. The molecule has 94 valence electrons. The SMILES string of the molecule is CCc1ccsc1C(=O)Nc1ccc(Cl)cc1I. The molecule has 2 aromatic rings. The Bertz CT molecular complexity index is 582. The van der Waals surface area contributed by atoms with Gasteiger partial charge in [0.25, 0.3) is 5.91 Å². The summed E-state index contributed by atoms with van der Waals surface area (Å²) < 4.78 is 0.933. The highest BCUT2D eigenvalue weighted by atomic mass is 127. The largest absolute Gasteiger partial charge is 0.320 e. The average Bonchev–Trinajstić information content (AvgIpc) is 2.81. The van der Waals surface area contributed by atoms with Crippen LogP contribution in [0.15, 0.2) is 29.6 Å². The highest BCUT2D eigenvalue weighted by molar-refractivity contribution is 14.1. The van der Waals surface area contributed by atoms with Crippen LogP contribution in [0.4, 0.5) is 5.69 Å². The van der Waals surface area contributed by atoms with E-state index in [-0.39, 0.29) is 5.91 Å². The third kappa shape index (κ3) is 3.05. The van der Waals surface area contributed by atoms with E-state index in [2.05, 4.69) is 27.9 Å². The van der Waals surface area contributed by atoms with Gasteiger partial charge in [0.1, 0.15) is 0 Å². The Morgan fingerprint density at radius 1 is 1.44 bits per heavy atom. The lowest BCUT2D eigenvalue weighted by molar-refractivity contribution is 0.102. The lowest BCUT2D eigenvalue weighted by atomic mass is 10.2. The van der Waals surface area contributed by atoms with Gasteiger partial charge in [-0.25, -0.2) is 0 Å². The first kappa shape index (κ1) is 13.8. The van der Waals surface area contributed by atoms with Crippen LogP contribution in [-0.4, -0.2) is 5.91 Å². The first-order valence-electron chi connectivity index (χ1n) is 5.44. The summed E-state index contributed by atoms with van der Waals surface area (Å²) >= 11 is 9.51. The molecule has 0 radical (unpaired) electrons. The van der Waals surface area contributed by atoms with E-state index < -0.39 is 0 Å². The first-order valence-corrected chi connectivity index (χ1v) is 7.78. The number of hydrogen-bond acceptors (Lipinski definition) is 2. The quantitative estimate of drug-likeness (QED) is 0.747. The van der Waals surface area contributed by atoms with Crippen molar-refractivity contribution in [3.05, 3.63) is 48.7 Å². The van der Waals surface area contributed by atoms with Crippen molar-refractivity contribution in [3.8, 4) is 0 Å². The number of hydrogen-bond donors (Lipinski definition) is 1. The zero-order valence-electron chi connectivity index (χ0n) is 9.67. The number of anilines is 1. The number of rotatable bonds is 3. The van der Waals surface area contributed by atoms with E-state index >= 15 is 0 Å². The zero-order chi connectivity index (χ0) is 13.1. The molecule has 0 saturated carbocycles. The maximum atomic E-state index is 12.2. The fourth-order valence-electron chi connectivity index (χ4n) is 1.58. The lowest BCUT2D eigenvalue weighted by Crippen LogP contribution is -2.12. The van der Waals surface area contributed by atoms with Gasteiger partial charge < -0.3 is 5.32 Å². The smallest absolute Gasteiger partial charge is 0.266 e. The average molecular weight is 392 g/mol. The standard InChI is InChI=1S/C13H11ClINOS/c1-2-8-5-6-18-12(8)13(17)16-11-4-3-9(14)7-10(11)15/h3-7H,2H2,1H3,(H,16,17). The molecule has 5 heteroatoms. The van der Waals surface area contributed by atoms with Gasteiger partial charge in [-0.05, 0) is 64.2 Å². The summed E-state index contributed by atoms with van der Waals surface area (Å²) in [5, 5.41) is 5.53. The summed E-state index contributed by atoms with van der Waals surface area (Å²) in [5.41, 5.74) is 1.88. The van der Waals surface area contributed by atoms with E-state index in [1.54, 1.807) is 6.07 Å². The minimum absolute atomic E-state index is 0.0536. The molecule has 0 atom stereocenters. The molecule has 0 saturated heterocycles. The number of aryl methyl sites for hydroxylation is 1. The normalized spacial score (nSPS) is 10.4. The Morgan fingerprint density at radius 3 is 2.89 bits per heavy atom. The Morgan fingerprint density at radius 2 is 2.22 bits per heavy atom. The van der Waals surface area contributed by atoms with Crippen molar-refractivity contribution in [2.24, 2.45) is 0 Å². The number of amides is 1. The topological polar surface area (TPSA) is 29.1 Å². The van der Waals surface area contributed by atoms with Crippen LogP contribution in [0.25, 0.3) is 0 Å². The van der Waals surface area contributed by atoms with Crippen LogP contribution in [0.3, 0.4) is 0 Å². The van der Waals surface area contributed by atoms with Gasteiger partial charge in [0.15, 0.2) is 0 Å². The number of benzene rings is 1. The second-order valence-electron chi connectivity index (χ2n) is 3.71. The number of carbonyl (C=O) groups is 1. The van der Waals surface area contributed by atoms with Crippen molar-refractivity contribution in [2.75, 3.05) is 5.32 Å². The van der Waals surface area contributed by atoms with Crippen LogP contribution >= 0.6 is 45.5 Å². The Kier molecular flexibility index (Phi) is 4.64. The Labute approximate surface area is 129 Å². The predicted octanol–water partition coefficient (Wildman–Crippen LogP) is 4.82. The van der Waals surface area contributed by atoms with Crippen molar-refractivity contribution in [3.63, 3.8) is 0 Å². The van der Waals surface area contributed by atoms with Gasteiger partial charge in [-0.3, -0.25) is 4.79 Å². The van der Waals surface area contributed by atoms with Gasteiger partial charge in [0, 0.05) is 8.59 Å². The minimum Gasteiger partial charge on any atom is -0.320 e. The maximum Gasteiger partial charge on any atom is 0.266 e. The molecule has 0 aliphatic rings. The summed E-state index contributed by atoms with van der Waals surface area (Å²) in [6, 6.07) is 7.41. The predicted molar refractivity (Wildman–Crippen MR) is 85.8 cm³/mol. The highest BCUT2D eigenvalue weighted by Gasteiger charge is 2.13. The molecule has 18 heavy (non-hydrogen) atoms. The maximum absolute atomic E-state index is 12.2. The van der Waals surface area contributed by atoms with Gasteiger partial charge in [-0.15, -0.1) is 11.3 Å². The second-order valence-corrected chi connectivity index (χ2v) is 6.22. The molecule has 0 fully saturated rings. The Hall–Kier alpha value is -0.590. The molecule has 1 aromatic carbocycles. The molecule has 0 aliphatic heterocycles. The molecule has 1 aromatic heterocycles. The molecule has 2 nitrogen and oxygen atoms in total. The fourth-order valence-corrected chi connectivity index (χ4v) is 3.48. The number of halogens is 2. The van der Waals surface area contributed by atoms with Crippen molar-refractivity contribution in [1.29, 1.82) is 0 Å². The monoisotopic (exact) mass is 391 g/mol. The molecule has 1 N–H and O–H groups in total. The minimum atomic E-state index is -0.0536. The fraction of sp³-hybridized carbons (Fsp3) is 0.154. The third-order valence-electron chi connectivity index (χ3n) is 2.51. The third-order valence-corrected chi connectivity index (χ3v) is 4.60. The zero-order valence-corrected chi connectivity index (χ0v) is 13.4. The summed E-state index contributed by atoms with van der Waals surface area (Å²) in [6.45, 7) is 2.05. The van der Waals surface area contributed by atoms with E-state index in [9.17, 15) is 4.79 Å². The van der Waals surface area contributed by atoms with Crippen molar-refractivity contribution in [2.45, 2.75) is 13.3 Å². The molecular weight excluding hydrogens is 381 g/mol. The second kappa shape index (κ2) is 6.04. The van der Waals surface area contributed by atoms with Gasteiger partial charge in [-0.1, -0.05) is 18.5 Å². The van der Waals surface area contributed by atoms with Gasteiger partial charge in [0.05, 0.1) is 10.6 Å². The van der Waals surface area contributed by atoms with Crippen molar-refractivity contribution >= 4 is 57.1 Å². The molecule has 0 bridgehead atoms. The van der Waals surface area contributed by atoms with Crippen LogP contribution in [0.5, 0.6) is 0 Å². The molecule has 2 rings (SSSR count). The summed E-state index contributed by atoms with van der Waals surface area (Å²) in [4.78, 5) is 12.9. The van der Waals surface area contributed by atoms with Gasteiger partial charge >= 0.3 is 0 Å². The molecule has 0 unspecified atom stereocenters. The Balaban J connectivity index is 2.21. The molecule has 1 amide bonds. The number of carbonyl (C=O) groups excluding carboxylic acids is 1. The van der Waals surface area contributed by atoms with Crippen LogP contribution in [0.1, 0.15) is 22.2 Å². The van der Waals surface area contributed by atoms with Crippen molar-refractivity contribution in [1.82, 2.24) is 0 Å². The first-order chi connectivity index (χ1) is 8.61. The van der Waals surface area contributed by atoms with E-state index in [0.29, 0.717) is 5.02 Å². The van der Waals surface area contributed by atoms with Crippen LogP contribution < -0.4 is 5.32 Å². The molecule has 0 spiro atoms. The van der Waals surface area contributed by atoms with Crippen LogP contribution in [0.2, 0.25) is 5.02 Å². The van der Waals surface area contributed by atoms with Crippen LogP contribution in [-0.2, 0) is 6.42 Å². The van der Waals surface area contributed by atoms with Crippen LogP contribution in [0, 0.1) is 3.57 Å². The number of thiophene rings is 1. The van der Waals surface area contributed by atoms with Gasteiger partial charge in [0.2, 0.25) is 0 Å². The molecule has 1 heterocycles. The van der Waals surface area contributed by atoms with E-state index in [0.717, 1.165) is 26.1 Å². The van der Waals surface area contributed by atoms with E-state index in [1.165, 1.54) is 11.3 Å². The summed E-state index contributed by atoms with van der Waals surface area (Å²) in [7, 11) is 0. The molecular formula is C13H11ClINOS.